The van der Waals surface area contributed by atoms with E-state index in [2.05, 4.69) is 19.2 Å². The molecule has 1 atom stereocenters. The van der Waals surface area contributed by atoms with Gasteiger partial charge in [-0.1, -0.05) is 38.1 Å². The van der Waals surface area contributed by atoms with Gasteiger partial charge in [0, 0.05) is 0 Å². The van der Waals surface area contributed by atoms with Crippen LogP contribution in [0.1, 0.15) is 37.8 Å². The molecule has 0 bridgehead atoms. The Balaban J connectivity index is 2.32. The lowest BCUT2D eigenvalue weighted by molar-refractivity contribution is -0.134. The van der Waals surface area contributed by atoms with Gasteiger partial charge in [0.25, 0.3) is 5.91 Å². The van der Waals surface area contributed by atoms with Crippen LogP contribution in [0.4, 0.5) is 4.79 Å². The van der Waals surface area contributed by atoms with Crippen LogP contribution in [-0.2, 0) is 15.1 Å². The second-order valence-corrected chi connectivity index (χ2v) is 5.69. The van der Waals surface area contributed by atoms with Crippen molar-refractivity contribution < 1.29 is 14.4 Å². The summed E-state index contributed by atoms with van der Waals surface area (Å²) < 4.78 is 0. The highest BCUT2D eigenvalue weighted by Gasteiger charge is 2.49. The third-order valence-corrected chi connectivity index (χ3v) is 3.74. The first-order chi connectivity index (χ1) is 9.75. The van der Waals surface area contributed by atoms with Gasteiger partial charge in [-0.05, 0) is 24.0 Å². The highest BCUT2D eigenvalue weighted by Crippen LogP contribution is 2.29. The van der Waals surface area contributed by atoms with Gasteiger partial charge in [-0.15, -0.1) is 0 Å². The van der Waals surface area contributed by atoms with E-state index in [9.17, 15) is 14.4 Å². The molecule has 1 fully saturated rings. The van der Waals surface area contributed by atoms with Crippen LogP contribution >= 0.6 is 0 Å². The molecule has 0 radical (unpaired) electrons. The Morgan fingerprint density at radius 1 is 1.29 bits per heavy atom. The van der Waals surface area contributed by atoms with Crippen molar-refractivity contribution in [1.82, 2.24) is 10.2 Å². The predicted molar refractivity (Wildman–Crippen MR) is 77.3 cm³/mol. The molecule has 0 aliphatic carbocycles. The molecule has 1 aromatic carbocycles. The number of hydrogen-bond donors (Lipinski definition) is 2. The van der Waals surface area contributed by atoms with Gasteiger partial charge in [-0.25, -0.2) is 4.79 Å². The van der Waals surface area contributed by atoms with E-state index < -0.39 is 29.9 Å². The number of carbonyl (C=O) groups excluding carboxylic acids is 3. The molecule has 6 nitrogen and oxygen atoms in total. The zero-order chi connectivity index (χ0) is 15.8. The number of amides is 4. The quantitative estimate of drug-likeness (QED) is 0.812. The number of benzene rings is 1. The van der Waals surface area contributed by atoms with Crippen molar-refractivity contribution in [3.05, 3.63) is 35.4 Å². The van der Waals surface area contributed by atoms with Crippen LogP contribution in [0, 0.1) is 0 Å². The van der Waals surface area contributed by atoms with Crippen LogP contribution in [0.5, 0.6) is 0 Å². The summed E-state index contributed by atoms with van der Waals surface area (Å²) in [5, 5.41) is 2.63. The molecule has 1 heterocycles. The van der Waals surface area contributed by atoms with E-state index in [-0.39, 0.29) is 0 Å². The molecular formula is C15H19N3O3. The average Bonchev–Trinajstić information content (AvgIpc) is 2.63. The Labute approximate surface area is 123 Å². The molecule has 4 amide bonds. The van der Waals surface area contributed by atoms with Crippen molar-refractivity contribution in [3.63, 3.8) is 0 Å². The fourth-order valence-electron chi connectivity index (χ4n) is 2.39. The van der Waals surface area contributed by atoms with Crippen molar-refractivity contribution in [2.75, 3.05) is 6.54 Å². The summed E-state index contributed by atoms with van der Waals surface area (Å²) in [6, 6.07) is 6.90. The second kappa shape index (κ2) is 5.20. The summed E-state index contributed by atoms with van der Waals surface area (Å²) >= 11 is 0. The molecule has 0 aromatic heterocycles. The van der Waals surface area contributed by atoms with Gasteiger partial charge in [-0.2, -0.15) is 0 Å². The molecule has 3 N–H and O–H groups in total. The van der Waals surface area contributed by atoms with Crippen molar-refractivity contribution >= 4 is 17.8 Å². The first-order valence-corrected chi connectivity index (χ1v) is 6.78. The summed E-state index contributed by atoms with van der Waals surface area (Å²) in [7, 11) is 0. The topological polar surface area (TPSA) is 92.5 Å². The minimum atomic E-state index is -1.16. The summed E-state index contributed by atoms with van der Waals surface area (Å²) in [5.41, 5.74) is 5.72. The van der Waals surface area contributed by atoms with E-state index in [0.717, 1.165) is 10.5 Å². The number of nitrogens with two attached hydrogens (primary N) is 1. The van der Waals surface area contributed by atoms with Gasteiger partial charge >= 0.3 is 6.03 Å². The lowest BCUT2D eigenvalue weighted by atomic mass is 9.90. The maximum Gasteiger partial charge on any atom is 0.325 e. The first-order valence-electron chi connectivity index (χ1n) is 6.78. The standard InChI is InChI=1S/C15H19N3O3/c1-9(2)10-4-6-11(7-5-10)15(3)13(20)18(8-12(16)19)14(21)17-15/h4-7,9H,8H2,1-3H3,(H2,16,19)(H,17,21). The van der Waals surface area contributed by atoms with Crippen LogP contribution in [0.2, 0.25) is 0 Å². The normalized spacial score (nSPS) is 21.8. The number of primary amides is 1. The molecule has 1 aliphatic rings. The SMILES string of the molecule is CC(C)c1ccc(C2(C)NC(=O)N(CC(N)=O)C2=O)cc1. The summed E-state index contributed by atoms with van der Waals surface area (Å²) in [6.45, 7) is 5.37. The molecule has 0 saturated carbocycles. The minimum Gasteiger partial charge on any atom is -0.368 e. The Bertz CT molecular complexity index is 595. The molecular weight excluding hydrogens is 270 g/mol. The molecule has 1 aliphatic heterocycles. The third kappa shape index (κ3) is 2.61. The summed E-state index contributed by atoms with van der Waals surface area (Å²) in [5.74, 6) is -0.811. The maximum atomic E-state index is 12.4. The van der Waals surface area contributed by atoms with Gasteiger partial charge in [0.15, 0.2) is 0 Å². The van der Waals surface area contributed by atoms with Crippen molar-refractivity contribution in [2.45, 2.75) is 32.2 Å². The molecule has 112 valence electrons. The minimum absolute atomic E-state index is 0.382. The number of hydrogen-bond acceptors (Lipinski definition) is 3. The van der Waals surface area contributed by atoms with Crippen LogP contribution < -0.4 is 11.1 Å². The third-order valence-electron chi connectivity index (χ3n) is 3.74. The predicted octanol–water partition coefficient (Wildman–Crippen LogP) is 1.06. The van der Waals surface area contributed by atoms with E-state index in [1.807, 2.05) is 24.3 Å². The lowest BCUT2D eigenvalue weighted by Gasteiger charge is -2.22. The van der Waals surface area contributed by atoms with E-state index in [4.69, 9.17) is 5.73 Å². The number of nitrogens with zero attached hydrogens (tertiary/aromatic N) is 1. The molecule has 1 saturated heterocycles. The second-order valence-electron chi connectivity index (χ2n) is 5.69. The fourth-order valence-corrected chi connectivity index (χ4v) is 2.39. The Hall–Kier alpha value is -2.37. The largest absolute Gasteiger partial charge is 0.368 e. The van der Waals surface area contributed by atoms with Crippen molar-refractivity contribution in [2.24, 2.45) is 5.73 Å². The monoisotopic (exact) mass is 289 g/mol. The molecule has 1 aromatic rings. The van der Waals surface area contributed by atoms with Gasteiger partial charge < -0.3 is 11.1 Å². The highest BCUT2D eigenvalue weighted by atomic mass is 16.2. The van der Waals surface area contributed by atoms with E-state index in [0.29, 0.717) is 11.5 Å². The van der Waals surface area contributed by atoms with Gasteiger partial charge in [0.1, 0.15) is 12.1 Å². The number of imide groups is 1. The summed E-state index contributed by atoms with van der Waals surface area (Å²) in [6.07, 6.45) is 0. The first kappa shape index (κ1) is 15.0. The number of rotatable bonds is 4. The van der Waals surface area contributed by atoms with Gasteiger partial charge in [-0.3, -0.25) is 14.5 Å². The molecule has 2 rings (SSSR count). The van der Waals surface area contributed by atoms with Crippen LogP contribution in [0.3, 0.4) is 0 Å². The Kier molecular flexibility index (Phi) is 3.72. The van der Waals surface area contributed by atoms with E-state index in [1.54, 1.807) is 6.92 Å². The zero-order valence-electron chi connectivity index (χ0n) is 12.3. The molecule has 0 spiro atoms. The zero-order valence-corrected chi connectivity index (χ0v) is 12.3. The Morgan fingerprint density at radius 3 is 2.33 bits per heavy atom. The van der Waals surface area contributed by atoms with Crippen molar-refractivity contribution in [3.8, 4) is 0 Å². The molecule has 1 unspecified atom stereocenters. The number of nitrogens with one attached hydrogen (secondary N) is 1. The maximum absolute atomic E-state index is 12.4. The van der Waals surface area contributed by atoms with Crippen LogP contribution in [-0.4, -0.2) is 29.3 Å². The lowest BCUT2D eigenvalue weighted by Crippen LogP contribution is -2.42. The highest BCUT2D eigenvalue weighted by molar-refractivity contribution is 6.09. The fraction of sp³-hybridized carbons (Fsp3) is 0.400. The smallest absolute Gasteiger partial charge is 0.325 e. The van der Waals surface area contributed by atoms with Crippen molar-refractivity contribution in [1.29, 1.82) is 0 Å². The van der Waals surface area contributed by atoms with E-state index in [1.165, 1.54) is 0 Å². The van der Waals surface area contributed by atoms with Gasteiger partial charge in [0.05, 0.1) is 0 Å². The Morgan fingerprint density at radius 2 is 1.86 bits per heavy atom. The number of urea groups is 1. The summed E-state index contributed by atoms with van der Waals surface area (Å²) in [4.78, 5) is 36.1. The van der Waals surface area contributed by atoms with E-state index >= 15 is 0 Å². The van der Waals surface area contributed by atoms with Crippen LogP contribution in [0.25, 0.3) is 0 Å². The number of carbonyl (C=O) groups is 3. The van der Waals surface area contributed by atoms with Crippen LogP contribution in [0.15, 0.2) is 24.3 Å². The molecule has 21 heavy (non-hydrogen) atoms. The van der Waals surface area contributed by atoms with Gasteiger partial charge in [0.2, 0.25) is 5.91 Å². The molecule has 6 heteroatoms. The average molecular weight is 289 g/mol.